The fourth-order valence-corrected chi connectivity index (χ4v) is 1.60. The molecule has 0 saturated heterocycles. The standard InChI is InChI=1S/C11H14N2O/c1-8-10-5-3-4-9(6-7-12-2)11(10)14-13-8/h3-5,12H,6-7H2,1-2H3. The fraction of sp³-hybridized carbons (Fsp3) is 0.364. The molecule has 0 unspecified atom stereocenters. The zero-order chi connectivity index (χ0) is 9.97. The third-order valence-electron chi connectivity index (χ3n) is 2.40. The van der Waals surface area contributed by atoms with Gasteiger partial charge in [-0.15, -0.1) is 0 Å². The lowest BCUT2D eigenvalue weighted by molar-refractivity contribution is 0.448. The van der Waals surface area contributed by atoms with E-state index in [0.717, 1.165) is 29.6 Å². The van der Waals surface area contributed by atoms with Gasteiger partial charge in [0.15, 0.2) is 5.58 Å². The molecule has 1 N–H and O–H groups in total. The Morgan fingerprint density at radius 1 is 1.43 bits per heavy atom. The highest BCUT2D eigenvalue weighted by Gasteiger charge is 2.07. The topological polar surface area (TPSA) is 38.1 Å². The van der Waals surface area contributed by atoms with Crippen LogP contribution in [-0.4, -0.2) is 18.7 Å². The zero-order valence-corrected chi connectivity index (χ0v) is 8.50. The van der Waals surface area contributed by atoms with E-state index in [1.54, 1.807) is 0 Å². The van der Waals surface area contributed by atoms with Crippen molar-refractivity contribution in [1.29, 1.82) is 0 Å². The number of benzene rings is 1. The molecule has 1 aromatic heterocycles. The van der Waals surface area contributed by atoms with Crippen LogP contribution in [0.2, 0.25) is 0 Å². The maximum atomic E-state index is 5.30. The Bertz CT molecular complexity index is 434. The number of nitrogens with zero attached hydrogens (tertiary/aromatic N) is 1. The summed E-state index contributed by atoms with van der Waals surface area (Å²) < 4.78 is 5.30. The number of fused-ring (bicyclic) bond motifs is 1. The first-order valence-corrected chi connectivity index (χ1v) is 4.81. The highest BCUT2D eigenvalue weighted by molar-refractivity contribution is 5.82. The Morgan fingerprint density at radius 2 is 2.29 bits per heavy atom. The number of aromatic nitrogens is 1. The molecule has 0 amide bonds. The van der Waals surface area contributed by atoms with E-state index in [4.69, 9.17) is 4.52 Å². The first kappa shape index (κ1) is 9.21. The molecular weight excluding hydrogens is 176 g/mol. The number of likely N-dealkylation sites (N-methyl/N-ethyl adjacent to an activating group) is 1. The summed E-state index contributed by atoms with van der Waals surface area (Å²) in [4.78, 5) is 0. The lowest BCUT2D eigenvalue weighted by Crippen LogP contribution is -2.10. The summed E-state index contributed by atoms with van der Waals surface area (Å²) >= 11 is 0. The van der Waals surface area contributed by atoms with Crippen LogP contribution in [0.25, 0.3) is 11.0 Å². The monoisotopic (exact) mass is 190 g/mol. The van der Waals surface area contributed by atoms with Gasteiger partial charge in [-0.05, 0) is 38.6 Å². The van der Waals surface area contributed by atoms with Gasteiger partial charge in [-0.2, -0.15) is 0 Å². The lowest BCUT2D eigenvalue weighted by Gasteiger charge is -2.00. The minimum absolute atomic E-state index is 0.931. The van der Waals surface area contributed by atoms with Gasteiger partial charge < -0.3 is 9.84 Å². The average Bonchev–Trinajstić information content (AvgIpc) is 2.58. The van der Waals surface area contributed by atoms with Gasteiger partial charge in [0.05, 0.1) is 5.69 Å². The average molecular weight is 190 g/mol. The van der Waals surface area contributed by atoms with E-state index in [2.05, 4.69) is 22.6 Å². The van der Waals surface area contributed by atoms with Gasteiger partial charge in [0.25, 0.3) is 0 Å². The molecule has 0 aliphatic carbocycles. The number of para-hydroxylation sites is 1. The van der Waals surface area contributed by atoms with E-state index in [-0.39, 0.29) is 0 Å². The summed E-state index contributed by atoms with van der Waals surface area (Å²) in [5, 5.41) is 8.22. The number of hydrogen-bond donors (Lipinski definition) is 1. The number of aryl methyl sites for hydroxylation is 1. The molecule has 0 spiro atoms. The van der Waals surface area contributed by atoms with Crippen LogP contribution in [0.3, 0.4) is 0 Å². The summed E-state index contributed by atoms with van der Waals surface area (Å²) in [5.41, 5.74) is 3.11. The minimum atomic E-state index is 0.931. The first-order chi connectivity index (χ1) is 6.83. The van der Waals surface area contributed by atoms with Crippen molar-refractivity contribution in [3.63, 3.8) is 0 Å². The lowest BCUT2D eigenvalue weighted by atomic mass is 10.1. The van der Waals surface area contributed by atoms with Crippen molar-refractivity contribution in [2.45, 2.75) is 13.3 Å². The van der Waals surface area contributed by atoms with E-state index < -0.39 is 0 Å². The van der Waals surface area contributed by atoms with E-state index in [9.17, 15) is 0 Å². The van der Waals surface area contributed by atoms with Crippen LogP contribution in [0.5, 0.6) is 0 Å². The number of nitrogens with one attached hydrogen (secondary N) is 1. The third kappa shape index (κ3) is 1.51. The van der Waals surface area contributed by atoms with E-state index in [1.807, 2.05) is 20.0 Å². The summed E-state index contributed by atoms with van der Waals surface area (Å²) in [5.74, 6) is 0. The highest BCUT2D eigenvalue weighted by Crippen LogP contribution is 2.21. The van der Waals surface area contributed by atoms with Gasteiger partial charge >= 0.3 is 0 Å². The predicted octanol–water partition coefficient (Wildman–Crippen LogP) is 1.90. The van der Waals surface area contributed by atoms with Crippen molar-refractivity contribution < 1.29 is 4.52 Å². The Morgan fingerprint density at radius 3 is 3.07 bits per heavy atom. The molecule has 74 valence electrons. The van der Waals surface area contributed by atoms with Crippen LogP contribution in [0.4, 0.5) is 0 Å². The molecule has 1 heterocycles. The molecule has 14 heavy (non-hydrogen) atoms. The van der Waals surface area contributed by atoms with Gasteiger partial charge in [0, 0.05) is 5.39 Å². The maximum absolute atomic E-state index is 5.30. The van der Waals surface area contributed by atoms with E-state index in [0.29, 0.717) is 0 Å². The maximum Gasteiger partial charge on any atom is 0.170 e. The molecule has 0 fully saturated rings. The van der Waals surface area contributed by atoms with Gasteiger partial charge in [-0.3, -0.25) is 0 Å². The summed E-state index contributed by atoms with van der Waals surface area (Å²) in [6, 6.07) is 6.19. The Hall–Kier alpha value is -1.35. The van der Waals surface area contributed by atoms with Crippen LogP contribution in [0, 0.1) is 6.92 Å². The smallest absolute Gasteiger partial charge is 0.170 e. The van der Waals surface area contributed by atoms with Crippen LogP contribution in [0.1, 0.15) is 11.3 Å². The molecule has 3 nitrogen and oxygen atoms in total. The Labute approximate surface area is 83.1 Å². The molecule has 3 heteroatoms. The molecule has 0 aliphatic rings. The van der Waals surface area contributed by atoms with Crippen molar-refractivity contribution in [3.05, 3.63) is 29.5 Å². The van der Waals surface area contributed by atoms with Crippen LogP contribution in [0.15, 0.2) is 22.7 Å². The van der Waals surface area contributed by atoms with Crippen LogP contribution < -0.4 is 5.32 Å². The number of rotatable bonds is 3. The Balaban J connectivity index is 2.44. The largest absolute Gasteiger partial charge is 0.356 e. The fourth-order valence-electron chi connectivity index (χ4n) is 1.60. The molecule has 0 atom stereocenters. The SMILES string of the molecule is CNCCc1cccc2c(C)noc12. The van der Waals surface area contributed by atoms with Gasteiger partial charge in [-0.25, -0.2) is 0 Å². The summed E-state index contributed by atoms with van der Waals surface area (Å²) in [7, 11) is 1.95. The van der Waals surface area contributed by atoms with Crippen molar-refractivity contribution in [2.24, 2.45) is 0 Å². The van der Waals surface area contributed by atoms with E-state index >= 15 is 0 Å². The first-order valence-electron chi connectivity index (χ1n) is 4.81. The van der Waals surface area contributed by atoms with Crippen LogP contribution in [-0.2, 0) is 6.42 Å². The van der Waals surface area contributed by atoms with Crippen molar-refractivity contribution >= 4 is 11.0 Å². The molecule has 0 radical (unpaired) electrons. The van der Waals surface area contributed by atoms with Gasteiger partial charge in [0.1, 0.15) is 0 Å². The third-order valence-corrected chi connectivity index (χ3v) is 2.40. The minimum Gasteiger partial charge on any atom is -0.356 e. The quantitative estimate of drug-likeness (QED) is 0.803. The second kappa shape index (κ2) is 3.80. The second-order valence-corrected chi connectivity index (χ2v) is 3.42. The molecule has 0 bridgehead atoms. The van der Waals surface area contributed by atoms with Crippen molar-refractivity contribution in [1.82, 2.24) is 10.5 Å². The predicted molar refractivity (Wildman–Crippen MR) is 56.4 cm³/mol. The zero-order valence-electron chi connectivity index (χ0n) is 8.50. The van der Waals surface area contributed by atoms with Gasteiger partial charge in [-0.1, -0.05) is 17.3 Å². The number of hydrogen-bond acceptors (Lipinski definition) is 3. The second-order valence-electron chi connectivity index (χ2n) is 3.42. The summed E-state index contributed by atoms with van der Waals surface area (Å²) in [6.45, 7) is 2.92. The Kier molecular flexibility index (Phi) is 2.50. The van der Waals surface area contributed by atoms with Crippen molar-refractivity contribution in [2.75, 3.05) is 13.6 Å². The molecule has 0 aliphatic heterocycles. The molecular formula is C11H14N2O. The summed E-state index contributed by atoms with van der Waals surface area (Å²) in [6.07, 6.45) is 0.975. The van der Waals surface area contributed by atoms with Gasteiger partial charge in [0.2, 0.25) is 0 Å². The molecule has 2 aromatic rings. The molecule has 1 aromatic carbocycles. The van der Waals surface area contributed by atoms with Crippen molar-refractivity contribution in [3.8, 4) is 0 Å². The highest BCUT2D eigenvalue weighted by atomic mass is 16.5. The molecule has 0 saturated carbocycles. The normalized spacial score (nSPS) is 11.0. The molecule has 2 rings (SSSR count). The van der Waals surface area contributed by atoms with E-state index in [1.165, 1.54) is 5.56 Å². The van der Waals surface area contributed by atoms with Crippen LogP contribution >= 0.6 is 0 Å².